The van der Waals surface area contributed by atoms with Crippen LogP contribution in [0.2, 0.25) is 0 Å². The van der Waals surface area contributed by atoms with Crippen molar-refractivity contribution in [2.24, 2.45) is 5.73 Å². The van der Waals surface area contributed by atoms with Gasteiger partial charge >= 0.3 is 0 Å². The second kappa shape index (κ2) is 5.80. The molecular weight excluding hydrogens is 238 g/mol. The first-order valence-corrected chi connectivity index (χ1v) is 6.29. The number of methoxy groups -OCH3 is 1. The van der Waals surface area contributed by atoms with Crippen LogP contribution in [0.3, 0.4) is 0 Å². The van der Waals surface area contributed by atoms with Crippen LogP contribution < -0.4 is 10.5 Å². The summed E-state index contributed by atoms with van der Waals surface area (Å²) in [6.45, 7) is 4.60. The highest BCUT2D eigenvalue weighted by Crippen LogP contribution is 2.31. The molecule has 1 aromatic heterocycles. The van der Waals surface area contributed by atoms with Gasteiger partial charge in [0.05, 0.1) is 13.0 Å². The van der Waals surface area contributed by atoms with Crippen LogP contribution >= 0.6 is 0 Å². The van der Waals surface area contributed by atoms with E-state index in [0.29, 0.717) is 6.54 Å². The van der Waals surface area contributed by atoms with Crippen LogP contribution in [-0.4, -0.2) is 23.6 Å². The second-order valence-electron chi connectivity index (χ2n) is 4.57. The lowest BCUT2D eigenvalue weighted by molar-refractivity contribution is 0.406. The predicted molar refractivity (Wildman–Crippen MR) is 75.4 cm³/mol. The number of aryl methyl sites for hydroxylation is 2. The zero-order valence-electron chi connectivity index (χ0n) is 11.6. The minimum atomic E-state index is -0.0459. The monoisotopic (exact) mass is 257 g/mol. The van der Waals surface area contributed by atoms with Crippen LogP contribution in [0, 0.1) is 13.8 Å². The van der Waals surface area contributed by atoms with Gasteiger partial charge in [0.25, 0.3) is 0 Å². The molecule has 100 valence electrons. The van der Waals surface area contributed by atoms with E-state index < -0.39 is 0 Å². The van der Waals surface area contributed by atoms with Crippen molar-refractivity contribution in [2.75, 3.05) is 13.7 Å². The van der Waals surface area contributed by atoms with Gasteiger partial charge in [0.2, 0.25) is 0 Å². The molecule has 1 aromatic carbocycles. The van der Waals surface area contributed by atoms with E-state index in [0.717, 1.165) is 17.1 Å². The molecule has 0 saturated heterocycles. The lowest BCUT2D eigenvalue weighted by Gasteiger charge is -2.18. The first-order valence-electron chi connectivity index (χ1n) is 6.29. The predicted octanol–water partition coefficient (Wildman–Crippen LogP) is 2.19. The molecule has 0 aliphatic heterocycles. The Bertz CT molecular complexity index is 555. The molecular formula is C15H19N3O. The Morgan fingerprint density at radius 2 is 1.79 bits per heavy atom. The molecule has 2 N–H and O–H groups in total. The third-order valence-electron chi connectivity index (χ3n) is 3.35. The SMILES string of the molecule is COc1cc(C)c(C)cc1C(CN)c1ncccn1. The molecule has 0 radical (unpaired) electrons. The maximum absolute atomic E-state index is 5.91. The van der Waals surface area contributed by atoms with E-state index in [9.17, 15) is 0 Å². The molecule has 4 heteroatoms. The van der Waals surface area contributed by atoms with Gasteiger partial charge < -0.3 is 10.5 Å². The summed E-state index contributed by atoms with van der Waals surface area (Å²) in [5.74, 6) is 1.52. The highest BCUT2D eigenvalue weighted by molar-refractivity contribution is 5.45. The van der Waals surface area contributed by atoms with Gasteiger partial charge in [-0.25, -0.2) is 9.97 Å². The van der Waals surface area contributed by atoms with Gasteiger partial charge in [-0.1, -0.05) is 6.07 Å². The molecule has 0 spiro atoms. The lowest BCUT2D eigenvalue weighted by atomic mass is 9.93. The van der Waals surface area contributed by atoms with Crippen molar-refractivity contribution in [2.45, 2.75) is 19.8 Å². The number of nitrogens with two attached hydrogens (primary N) is 1. The largest absolute Gasteiger partial charge is 0.496 e. The summed E-state index contributed by atoms with van der Waals surface area (Å²) in [6, 6.07) is 5.95. The van der Waals surface area contributed by atoms with Gasteiger partial charge in [0.1, 0.15) is 11.6 Å². The molecule has 2 rings (SSSR count). The first kappa shape index (κ1) is 13.5. The van der Waals surface area contributed by atoms with E-state index in [1.54, 1.807) is 25.6 Å². The summed E-state index contributed by atoms with van der Waals surface area (Å²) < 4.78 is 5.47. The summed E-state index contributed by atoms with van der Waals surface area (Å²) in [4.78, 5) is 8.61. The summed E-state index contributed by atoms with van der Waals surface area (Å²) in [5.41, 5.74) is 9.37. The van der Waals surface area contributed by atoms with Crippen molar-refractivity contribution in [3.8, 4) is 5.75 Å². The normalized spacial score (nSPS) is 12.2. The Hall–Kier alpha value is -1.94. The number of ether oxygens (including phenoxy) is 1. The van der Waals surface area contributed by atoms with E-state index in [1.807, 2.05) is 6.07 Å². The van der Waals surface area contributed by atoms with Gasteiger partial charge in [-0.05, 0) is 37.1 Å². The van der Waals surface area contributed by atoms with Crippen molar-refractivity contribution in [3.63, 3.8) is 0 Å². The zero-order chi connectivity index (χ0) is 13.8. The Morgan fingerprint density at radius 3 is 2.37 bits per heavy atom. The van der Waals surface area contributed by atoms with E-state index in [4.69, 9.17) is 10.5 Å². The summed E-state index contributed by atoms with van der Waals surface area (Å²) in [7, 11) is 1.67. The molecule has 1 atom stereocenters. The smallest absolute Gasteiger partial charge is 0.137 e. The molecule has 1 heterocycles. The lowest BCUT2D eigenvalue weighted by Crippen LogP contribution is -2.17. The summed E-state index contributed by atoms with van der Waals surface area (Å²) >= 11 is 0. The molecule has 0 saturated carbocycles. The van der Waals surface area contributed by atoms with E-state index in [-0.39, 0.29) is 5.92 Å². The quantitative estimate of drug-likeness (QED) is 0.912. The Morgan fingerprint density at radius 1 is 1.16 bits per heavy atom. The van der Waals surface area contributed by atoms with Crippen molar-refractivity contribution in [3.05, 3.63) is 53.1 Å². The Labute approximate surface area is 113 Å². The van der Waals surface area contributed by atoms with Crippen LogP contribution in [0.4, 0.5) is 0 Å². The Kier molecular flexibility index (Phi) is 4.12. The molecule has 0 fully saturated rings. The molecule has 0 aliphatic rings. The van der Waals surface area contributed by atoms with Gasteiger partial charge in [0.15, 0.2) is 0 Å². The number of nitrogens with zero attached hydrogens (tertiary/aromatic N) is 2. The van der Waals surface area contributed by atoms with Crippen molar-refractivity contribution in [1.29, 1.82) is 0 Å². The fourth-order valence-corrected chi connectivity index (χ4v) is 2.12. The van der Waals surface area contributed by atoms with Gasteiger partial charge in [-0.3, -0.25) is 0 Å². The maximum Gasteiger partial charge on any atom is 0.137 e. The minimum absolute atomic E-state index is 0.0459. The van der Waals surface area contributed by atoms with Crippen LogP contribution in [0.15, 0.2) is 30.6 Å². The average Bonchev–Trinajstić information content (AvgIpc) is 2.44. The van der Waals surface area contributed by atoms with Crippen LogP contribution in [-0.2, 0) is 0 Å². The number of rotatable bonds is 4. The summed E-state index contributed by atoms with van der Waals surface area (Å²) in [6.07, 6.45) is 3.47. The van der Waals surface area contributed by atoms with E-state index in [2.05, 4.69) is 29.9 Å². The minimum Gasteiger partial charge on any atom is -0.496 e. The standard InChI is InChI=1S/C15H19N3O/c1-10-7-12(14(19-3)8-11(10)2)13(9-16)15-17-5-4-6-18-15/h4-8,13H,9,16H2,1-3H3. The van der Waals surface area contributed by atoms with Crippen molar-refractivity contribution in [1.82, 2.24) is 9.97 Å². The number of benzene rings is 1. The third-order valence-corrected chi connectivity index (χ3v) is 3.35. The Balaban J connectivity index is 2.52. The van der Waals surface area contributed by atoms with Gasteiger partial charge in [-0.2, -0.15) is 0 Å². The number of hydrogen-bond acceptors (Lipinski definition) is 4. The van der Waals surface area contributed by atoms with Gasteiger partial charge in [-0.15, -0.1) is 0 Å². The van der Waals surface area contributed by atoms with Gasteiger partial charge in [0, 0.05) is 24.5 Å². The van der Waals surface area contributed by atoms with Crippen molar-refractivity contribution >= 4 is 0 Å². The van der Waals surface area contributed by atoms with E-state index >= 15 is 0 Å². The molecule has 19 heavy (non-hydrogen) atoms. The number of aromatic nitrogens is 2. The highest BCUT2D eigenvalue weighted by Gasteiger charge is 2.20. The van der Waals surface area contributed by atoms with Crippen LogP contribution in [0.5, 0.6) is 5.75 Å². The van der Waals surface area contributed by atoms with Crippen LogP contribution in [0.25, 0.3) is 0 Å². The first-order chi connectivity index (χ1) is 9.17. The fraction of sp³-hybridized carbons (Fsp3) is 0.333. The third kappa shape index (κ3) is 2.74. The number of hydrogen-bond donors (Lipinski definition) is 1. The molecule has 0 amide bonds. The van der Waals surface area contributed by atoms with Crippen LogP contribution in [0.1, 0.15) is 28.4 Å². The topological polar surface area (TPSA) is 61.0 Å². The van der Waals surface area contributed by atoms with E-state index in [1.165, 1.54) is 11.1 Å². The molecule has 0 aliphatic carbocycles. The maximum atomic E-state index is 5.91. The summed E-state index contributed by atoms with van der Waals surface area (Å²) in [5, 5.41) is 0. The fourth-order valence-electron chi connectivity index (χ4n) is 2.12. The molecule has 2 aromatic rings. The second-order valence-corrected chi connectivity index (χ2v) is 4.57. The average molecular weight is 257 g/mol. The van der Waals surface area contributed by atoms with Crippen molar-refractivity contribution < 1.29 is 4.74 Å². The molecule has 0 bridgehead atoms. The highest BCUT2D eigenvalue weighted by atomic mass is 16.5. The molecule has 4 nitrogen and oxygen atoms in total. The molecule has 1 unspecified atom stereocenters. The zero-order valence-corrected chi connectivity index (χ0v) is 11.6.